The lowest BCUT2D eigenvalue weighted by atomic mass is 9.84. The predicted octanol–water partition coefficient (Wildman–Crippen LogP) is 5.69. The van der Waals surface area contributed by atoms with Crippen molar-refractivity contribution in [2.75, 3.05) is 0 Å². The fourth-order valence-corrected chi connectivity index (χ4v) is 1.99. The number of rotatable bonds is 10. The molecule has 0 saturated heterocycles. The molecule has 0 spiro atoms. The van der Waals surface area contributed by atoms with Crippen LogP contribution in [0.3, 0.4) is 0 Å². The fourth-order valence-electron chi connectivity index (χ4n) is 1.99. The molecule has 1 nitrogen and oxygen atoms in total. The van der Waals surface area contributed by atoms with Crippen molar-refractivity contribution in [1.82, 2.24) is 0 Å². The number of hydrogen-bond donors (Lipinski definition) is 0. The number of Topliss-reactive ketones (excluding diaryl/α,β-unsaturated/α-hetero) is 1. The zero-order valence-corrected chi connectivity index (χ0v) is 13.0. The van der Waals surface area contributed by atoms with Gasteiger partial charge in [0.2, 0.25) is 0 Å². The highest BCUT2D eigenvalue weighted by atomic mass is 16.1. The Labute approximate surface area is 114 Å². The summed E-state index contributed by atoms with van der Waals surface area (Å²) in [6, 6.07) is 0. The van der Waals surface area contributed by atoms with Gasteiger partial charge in [0.1, 0.15) is 0 Å². The smallest absolute Gasteiger partial charge is 0.158 e. The zero-order chi connectivity index (χ0) is 14.0. The second-order valence-electron chi connectivity index (χ2n) is 6.38. The van der Waals surface area contributed by atoms with Crippen molar-refractivity contribution in [1.29, 1.82) is 0 Å². The molecule has 0 unspecified atom stereocenters. The molecule has 1 heteroatoms. The second kappa shape index (κ2) is 9.35. The monoisotopic (exact) mass is 252 g/mol. The third-order valence-corrected chi connectivity index (χ3v) is 3.50. The van der Waals surface area contributed by atoms with Crippen LogP contribution in [0.15, 0.2) is 12.2 Å². The maximum absolute atomic E-state index is 11.9. The zero-order valence-electron chi connectivity index (χ0n) is 13.0. The van der Waals surface area contributed by atoms with Gasteiger partial charge in [-0.15, -0.1) is 0 Å². The van der Waals surface area contributed by atoms with Gasteiger partial charge in [0, 0.05) is 6.42 Å². The first-order valence-electron chi connectivity index (χ1n) is 7.62. The summed E-state index contributed by atoms with van der Waals surface area (Å²) in [6.45, 7) is 12.3. The molecule has 106 valence electrons. The highest BCUT2D eigenvalue weighted by Crippen LogP contribution is 2.25. The first kappa shape index (κ1) is 17.4. The van der Waals surface area contributed by atoms with Crippen molar-refractivity contribution in [3.05, 3.63) is 12.2 Å². The third-order valence-electron chi connectivity index (χ3n) is 3.50. The van der Waals surface area contributed by atoms with Crippen LogP contribution in [0.1, 0.15) is 85.5 Å². The average molecular weight is 252 g/mol. The summed E-state index contributed by atoms with van der Waals surface area (Å²) in [5, 5.41) is 0. The Kier molecular flexibility index (Phi) is 9.05. The van der Waals surface area contributed by atoms with E-state index in [1.54, 1.807) is 0 Å². The first-order valence-corrected chi connectivity index (χ1v) is 7.62. The van der Waals surface area contributed by atoms with Crippen molar-refractivity contribution < 1.29 is 4.79 Å². The van der Waals surface area contributed by atoms with Crippen LogP contribution in [0.25, 0.3) is 0 Å². The van der Waals surface area contributed by atoms with E-state index in [-0.39, 0.29) is 11.2 Å². The van der Waals surface area contributed by atoms with Crippen LogP contribution in [-0.4, -0.2) is 5.78 Å². The standard InChI is InChI=1S/C17H32O/c1-6-7-8-9-10-11-12-13-14-16(18)15(2)17(3,4)5/h2,6-14H2,1,3-5H3. The number of carbonyl (C=O) groups is 1. The predicted molar refractivity (Wildman–Crippen MR) is 80.8 cm³/mol. The quantitative estimate of drug-likeness (QED) is 0.360. The van der Waals surface area contributed by atoms with Crippen LogP contribution in [0.5, 0.6) is 0 Å². The number of unbranched alkanes of at least 4 members (excludes halogenated alkanes) is 7. The van der Waals surface area contributed by atoms with Crippen LogP contribution < -0.4 is 0 Å². The molecule has 0 aromatic heterocycles. The second-order valence-corrected chi connectivity index (χ2v) is 6.38. The van der Waals surface area contributed by atoms with Gasteiger partial charge >= 0.3 is 0 Å². The minimum atomic E-state index is -0.0722. The Hall–Kier alpha value is -0.590. The Morgan fingerprint density at radius 2 is 1.33 bits per heavy atom. The summed E-state index contributed by atoms with van der Waals surface area (Å²) in [5.41, 5.74) is 0.711. The fraction of sp³-hybridized carbons (Fsp3) is 0.824. The van der Waals surface area contributed by atoms with Crippen LogP contribution >= 0.6 is 0 Å². The highest BCUT2D eigenvalue weighted by Gasteiger charge is 2.20. The van der Waals surface area contributed by atoms with Gasteiger partial charge < -0.3 is 0 Å². The van der Waals surface area contributed by atoms with Gasteiger partial charge in [-0.1, -0.05) is 79.2 Å². The third kappa shape index (κ3) is 8.49. The topological polar surface area (TPSA) is 17.1 Å². The summed E-state index contributed by atoms with van der Waals surface area (Å²) >= 11 is 0. The Bertz CT molecular complexity index is 245. The highest BCUT2D eigenvalue weighted by molar-refractivity contribution is 5.95. The van der Waals surface area contributed by atoms with E-state index < -0.39 is 0 Å². The molecular weight excluding hydrogens is 220 g/mol. The maximum atomic E-state index is 11.9. The van der Waals surface area contributed by atoms with Crippen molar-refractivity contribution >= 4 is 5.78 Å². The van der Waals surface area contributed by atoms with Crippen LogP contribution in [0, 0.1) is 5.41 Å². The number of carbonyl (C=O) groups excluding carboxylic acids is 1. The van der Waals surface area contributed by atoms with Gasteiger partial charge in [0.25, 0.3) is 0 Å². The molecule has 0 N–H and O–H groups in total. The molecule has 0 aliphatic heterocycles. The van der Waals surface area contributed by atoms with Crippen molar-refractivity contribution in [3.63, 3.8) is 0 Å². The van der Waals surface area contributed by atoms with Crippen LogP contribution in [0.4, 0.5) is 0 Å². The van der Waals surface area contributed by atoms with E-state index in [2.05, 4.69) is 34.3 Å². The van der Waals surface area contributed by atoms with Gasteiger partial charge in [0.05, 0.1) is 0 Å². The van der Waals surface area contributed by atoms with E-state index in [1.165, 1.54) is 44.9 Å². The van der Waals surface area contributed by atoms with E-state index in [9.17, 15) is 4.79 Å². The lowest BCUT2D eigenvalue weighted by Gasteiger charge is -2.20. The van der Waals surface area contributed by atoms with Gasteiger partial charge in [-0.3, -0.25) is 4.79 Å². The largest absolute Gasteiger partial charge is 0.295 e. The molecular formula is C17H32O. The lowest BCUT2D eigenvalue weighted by Crippen LogP contribution is -2.16. The molecule has 18 heavy (non-hydrogen) atoms. The minimum Gasteiger partial charge on any atom is -0.295 e. The van der Waals surface area contributed by atoms with Crippen molar-refractivity contribution in [2.45, 2.75) is 85.5 Å². The molecule has 0 radical (unpaired) electrons. The SMILES string of the molecule is C=C(C(=O)CCCCCCCCCC)C(C)(C)C. The van der Waals surface area contributed by atoms with E-state index in [4.69, 9.17) is 0 Å². The molecule has 0 rings (SSSR count). The summed E-state index contributed by atoms with van der Waals surface area (Å²) in [6.07, 6.45) is 10.9. The van der Waals surface area contributed by atoms with Crippen LogP contribution in [0.2, 0.25) is 0 Å². The van der Waals surface area contributed by atoms with E-state index in [0.717, 1.165) is 12.0 Å². The summed E-state index contributed by atoms with van der Waals surface area (Å²) < 4.78 is 0. The molecule has 0 aromatic rings. The van der Waals surface area contributed by atoms with E-state index in [1.807, 2.05) is 0 Å². The lowest BCUT2D eigenvalue weighted by molar-refractivity contribution is -0.116. The summed E-state index contributed by atoms with van der Waals surface area (Å²) in [5.74, 6) is 0.258. The molecule has 0 heterocycles. The maximum Gasteiger partial charge on any atom is 0.158 e. The molecule has 0 bridgehead atoms. The Morgan fingerprint density at radius 3 is 1.78 bits per heavy atom. The molecule has 0 saturated carbocycles. The number of allylic oxidation sites excluding steroid dienone is 1. The number of ketones is 1. The van der Waals surface area contributed by atoms with Gasteiger partial charge in [-0.05, 0) is 17.4 Å². The number of hydrogen-bond acceptors (Lipinski definition) is 1. The molecule has 0 fully saturated rings. The molecule has 0 atom stereocenters. The van der Waals surface area contributed by atoms with Gasteiger partial charge in [0.15, 0.2) is 5.78 Å². The first-order chi connectivity index (χ1) is 8.39. The summed E-state index contributed by atoms with van der Waals surface area (Å²) in [7, 11) is 0. The minimum absolute atomic E-state index is 0.0722. The van der Waals surface area contributed by atoms with Crippen molar-refractivity contribution in [3.8, 4) is 0 Å². The molecule has 0 aliphatic carbocycles. The Balaban J connectivity index is 3.50. The van der Waals surface area contributed by atoms with Crippen molar-refractivity contribution in [2.24, 2.45) is 5.41 Å². The van der Waals surface area contributed by atoms with E-state index in [0.29, 0.717) is 6.42 Å². The molecule has 0 aliphatic rings. The molecule has 0 amide bonds. The average Bonchev–Trinajstić information content (AvgIpc) is 2.30. The van der Waals surface area contributed by atoms with Gasteiger partial charge in [-0.2, -0.15) is 0 Å². The Morgan fingerprint density at radius 1 is 0.889 bits per heavy atom. The summed E-state index contributed by atoms with van der Waals surface area (Å²) in [4.78, 5) is 11.9. The normalized spacial score (nSPS) is 11.6. The van der Waals surface area contributed by atoms with Gasteiger partial charge in [-0.25, -0.2) is 0 Å². The van der Waals surface area contributed by atoms with Crippen LogP contribution in [-0.2, 0) is 4.79 Å². The molecule has 0 aromatic carbocycles. The van der Waals surface area contributed by atoms with E-state index >= 15 is 0 Å².